The van der Waals surface area contributed by atoms with E-state index in [9.17, 15) is 4.39 Å². The number of hydrogen-bond acceptors (Lipinski definition) is 3. The first-order chi connectivity index (χ1) is 6.11. The number of oxime groups is 1. The van der Waals surface area contributed by atoms with Gasteiger partial charge in [-0.2, -0.15) is 5.10 Å². The Bertz CT molecular complexity index is 292. The summed E-state index contributed by atoms with van der Waals surface area (Å²) < 4.78 is 13.9. The van der Waals surface area contributed by atoms with Crippen molar-refractivity contribution in [3.63, 3.8) is 0 Å². The van der Waals surface area contributed by atoms with Crippen molar-refractivity contribution in [1.29, 1.82) is 0 Å². The molecule has 1 rings (SSSR count). The highest BCUT2D eigenvalue weighted by Crippen LogP contribution is 2.18. The molecule has 0 unspecified atom stereocenters. The van der Waals surface area contributed by atoms with E-state index in [0.717, 1.165) is 0 Å². The van der Waals surface area contributed by atoms with Crippen molar-refractivity contribution >= 4 is 5.84 Å². The van der Waals surface area contributed by atoms with E-state index in [1.807, 2.05) is 0 Å². The first-order valence-electron chi connectivity index (χ1n) is 3.90. The Morgan fingerprint density at radius 2 is 2.38 bits per heavy atom. The van der Waals surface area contributed by atoms with Crippen molar-refractivity contribution in [3.8, 4) is 0 Å². The molecular formula is C8H12FN3O. The molecule has 1 heterocycles. The highest BCUT2D eigenvalue weighted by molar-refractivity contribution is 5.88. The Morgan fingerprint density at radius 1 is 1.69 bits per heavy atom. The number of hydrogen-bond donors (Lipinski definition) is 1. The van der Waals surface area contributed by atoms with Gasteiger partial charge in [0.2, 0.25) is 0 Å². The summed E-state index contributed by atoms with van der Waals surface area (Å²) in [5.41, 5.74) is -0.833. The molecule has 0 atom stereocenters. The van der Waals surface area contributed by atoms with Crippen molar-refractivity contribution in [2.45, 2.75) is 13.8 Å². The van der Waals surface area contributed by atoms with Gasteiger partial charge in [0, 0.05) is 12.4 Å². The van der Waals surface area contributed by atoms with E-state index >= 15 is 0 Å². The first-order valence-corrected chi connectivity index (χ1v) is 3.90. The topological polar surface area (TPSA) is 50.4 Å². The molecule has 1 aromatic rings. The van der Waals surface area contributed by atoms with Gasteiger partial charge in [0.25, 0.3) is 0 Å². The van der Waals surface area contributed by atoms with Crippen LogP contribution >= 0.6 is 0 Å². The van der Waals surface area contributed by atoms with Crippen molar-refractivity contribution < 1.29 is 9.60 Å². The third-order valence-electron chi connectivity index (χ3n) is 1.76. The average Bonchev–Trinajstić information content (AvgIpc) is 2.58. The molecular weight excluding hydrogens is 173 g/mol. The minimum absolute atomic E-state index is 0.194. The summed E-state index contributed by atoms with van der Waals surface area (Å²) >= 11 is 0. The van der Waals surface area contributed by atoms with Crippen LogP contribution in [0.15, 0.2) is 23.6 Å². The molecule has 5 heteroatoms. The fourth-order valence-electron chi connectivity index (χ4n) is 0.945. The molecule has 0 radical (unpaired) electrons. The van der Waals surface area contributed by atoms with Gasteiger partial charge in [0.1, 0.15) is 6.67 Å². The Balaban J connectivity index is 3.01. The second-order valence-corrected chi connectivity index (χ2v) is 3.39. The van der Waals surface area contributed by atoms with Crippen molar-refractivity contribution in [3.05, 3.63) is 18.5 Å². The zero-order valence-corrected chi connectivity index (χ0v) is 7.61. The molecule has 0 saturated carbocycles. The maximum absolute atomic E-state index is 12.6. The standard InChI is InChI=1S/C8H12FN3O/c1-8(2,6-9)7(11-13)12-5-3-4-10-12/h3-5,13H,6H2,1-2H3. The van der Waals surface area contributed by atoms with Crippen LogP contribution in [0, 0.1) is 5.41 Å². The van der Waals surface area contributed by atoms with Crippen molar-refractivity contribution in [2.75, 3.05) is 6.67 Å². The van der Waals surface area contributed by atoms with Gasteiger partial charge in [0.05, 0.1) is 5.41 Å². The summed E-state index contributed by atoms with van der Waals surface area (Å²) in [5.74, 6) is 0.194. The highest BCUT2D eigenvalue weighted by Gasteiger charge is 2.27. The van der Waals surface area contributed by atoms with Crippen LogP contribution in [0.25, 0.3) is 0 Å². The van der Waals surface area contributed by atoms with Gasteiger partial charge in [-0.1, -0.05) is 19.0 Å². The molecule has 0 spiro atoms. The van der Waals surface area contributed by atoms with Gasteiger partial charge in [-0.05, 0) is 6.07 Å². The van der Waals surface area contributed by atoms with Crippen LogP contribution in [-0.4, -0.2) is 27.5 Å². The summed E-state index contributed by atoms with van der Waals surface area (Å²) in [6, 6.07) is 1.68. The second-order valence-electron chi connectivity index (χ2n) is 3.39. The SMILES string of the molecule is CC(C)(CF)C(=NO)n1cccn1. The smallest absolute Gasteiger partial charge is 0.176 e. The van der Waals surface area contributed by atoms with Gasteiger partial charge in [-0.15, -0.1) is 0 Å². The predicted molar refractivity (Wildman–Crippen MR) is 46.6 cm³/mol. The molecule has 4 nitrogen and oxygen atoms in total. The molecule has 0 bridgehead atoms. The minimum atomic E-state index is -0.833. The Kier molecular flexibility index (Phi) is 2.65. The zero-order valence-electron chi connectivity index (χ0n) is 7.61. The quantitative estimate of drug-likeness (QED) is 0.328. The van der Waals surface area contributed by atoms with Crippen LogP contribution in [0.4, 0.5) is 4.39 Å². The lowest BCUT2D eigenvalue weighted by Gasteiger charge is -2.20. The molecule has 0 aliphatic heterocycles. The number of halogens is 1. The summed E-state index contributed by atoms with van der Waals surface area (Å²) in [6.07, 6.45) is 3.14. The van der Waals surface area contributed by atoms with Gasteiger partial charge in [0.15, 0.2) is 5.84 Å². The molecule has 0 amide bonds. The van der Waals surface area contributed by atoms with E-state index in [1.165, 1.54) is 4.68 Å². The third kappa shape index (κ3) is 1.85. The predicted octanol–water partition coefficient (Wildman–Crippen LogP) is 1.51. The van der Waals surface area contributed by atoms with Crippen LogP contribution in [0.1, 0.15) is 13.8 Å². The summed E-state index contributed by atoms with van der Waals surface area (Å²) in [4.78, 5) is 0. The average molecular weight is 185 g/mol. The van der Waals surface area contributed by atoms with E-state index in [1.54, 1.807) is 32.3 Å². The summed E-state index contributed by atoms with van der Waals surface area (Å²) in [6.45, 7) is 2.68. The molecule has 0 aliphatic rings. The zero-order chi connectivity index (χ0) is 9.90. The highest BCUT2D eigenvalue weighted by atomic mass is 19.1. The van der Waals surface area contributed by atoms with E-state index in [-0.39, 0.29) is 5.84 Å². The van der Waals surface area contributed by atoms with Gasteiger partial charge in [-0.3, -0.25) is 4.39 Å². The normalized spacial score (nSPS) is 13.3. The van der Waals surface area contributed by atoms with E-state index in [0.29, 0.717) is 0 Å². The fourth-order valence-corrected chi connectivity index (χ4v) is 0.945. The lowest BCUT2D eigenvalue weighted by atomic mass is 9.94. The maximum atomic E-state index is 12.6. The van der Waals surface area contributed by atoms with Crippen LogP contribution in [-0.2, 0) is 0 Å². The van der Waals surface area contributed by atoms with Crippen LogP contribution in [0.3, 0.4) is 0 Å². The van der Waals surface area contributed by atoms with E-state index in [4.69, 9.17) is 5.21 Å². The summed E-state index contributed by atoms with van der Waals surface area (Å²) in [5, 5.41) is 15.6. The second kappa shape index (κ2) is 3.55. The van der Waals surface area contributed by atoms with Crippen LogP contribution < -0.4 is 0 Å². The molecule has 72 valence electrons. The van der Waals surface area contributed by atoms with Crippen LogP contribution in [0.2, 0.25) is 0 Å². The maximum Gasteiger partial charge on any atom is 0.176 e. The Labute approximate surface area is 75.7 Å². The monoisotopic (exact) mass is 185 g/mol. The Hall–Kier alpha value is -1.39. The lowest BCUT2D eigenvalue weighted by molar-refractivity contribution is 0.285. The number of alkyl halides is 1. The van der Waals surface area contributed by atoms with Crippen LogP contribution in [0.5, 0.6) is 0 Å². The summed E-state index contributed by atoms with van der Waals surface area (Å²) in [7, 11) is 0. The molecule has 0 aliphatic carbocycles. The largest absolute Gasteiger partial charge is 0.409 e. The van der Waals surface area contributed by atoms with E-state index in [2.05, 4.69) is 10.3 Å². The third-order valence-corrected chi connectivity index (χ3v) is 1.76. The number of aromatic nitrogens is 2. The fraction of sp³-hybridized carbons (Fsp3) is 0.500. The first kappa shape index (κ1) is 9.70. The Morgan fingerprint density at radius 3 is 2.77 bits per heavy atom. The molecule has 0 fully saturated rings. The minimum Gasteiger partial charge on any atom is -0.409 e. The molecule has 1 aromatic heterocycles. The molecule has 0 aromatic carbocycles. The molecule has 13 heavy (non-hydrogen) atoms. The van der Waals surface area contributed by atoms with Crippen molar-refractivity contribution in [1.82, 2.24) is 9.78 Å². The molecule has 1 N–H and O–H groups in total. The molecule has 0 saturated heterocycles. The lowest BCUT2D eigenvalue weighted by Crippen LogP contribution is -2.33. The van der Waals surface area contributed by atoms with Crippen molar-refractivity contribution in [2.24, 2.45) is 10.6 Å². The number of nitrogens with zero attached hydrogens (tertiary/aromatic N) is 3. The van der Waals surface area contributed by atoms with Gasteiger partial charge < -0.3 is 5.21 Å². The van der Waals surface area contributed by atoms with E-state index < -0.39 is 12.1 Å². The van der Waals surface area contributed by atoms with Gasteiger partial charge >= 0.3 is 0 Å². The van der Waals surface area contributed by atoms with Gasteiger partial charge in [-0.25, -0.2) is 4.68 Å². The number of rotatable bonds is 2.